The molecule has 0 bridgehead atoms. The lowest BCUT2D eigenvalue weighted by Gasteiger charge is -2.27. The smallest absolute Gasteiger partial charge is 0.425 e. The average molecular weight is 276 g/mol. The number of hydrogen-bond donors (Lipinski definition) is 2. The number of nitrogens with zero attached hydrogens (tertiary/aromatic N) is 1. The fourth-order valence-electron chi connectivity index (χ4n) is 1.30. The fraction of sp³-hybridized carbons (Fsp3) is 0.727. The number of carboxylic acids is 1. The van der Waals surface area contributed by atoms with E-state index in [1.54, 1.807) is 20.8 Å². The van der Waals surface area contributed by atoms with Crippen molar-refractivity contribution in [3.8, 4) is 0 Å². The zero-order valence-electron chi connectivity index (χ0n) is 11.5. The van der Waals surface area contributed by atoms with E-state index < -0.39 is 24.1 Å². The van der Waals surface area contributed by atoms with Gasteiger partial charge in [-0.1, -0.05) is 0 Å². The number of carbonyl (C=O) groups is 3. The Balaban J connectivity index is 4.71. The number of carboxylic acid groups (broad SMARTS) is 1. The molecule has 2 N–H and O–H groups in total. The molecule has 0 spiro atoms. The van der Waals surface area contributed by atoms with Crippen LogP contribution in [0.4, 0.5) is 4.79 Å². The highest BCUT2D eigenvalue weighted by molar-refractivity contribution is 5.85. The Morgan fingerprint density at radius 1 is 1.32 bits per heavy atom. The Morgan fingerprint density at radius 3 is 2.26 bits per heavy atom. The summed E-state index contributed by atoms with van der Waals surface area (Å²) in [5, 5.41) is 9.91. The Morgan fingerprint density at radius 2 is 1.89 bits per heavy atom. The zero-order valence-corrected chi connectivity index (χ0v) is 11.5. The van der Waals surface area contributed by atoms with E-state index >= 15 is 0 Å². The number of methoxy groups -OCH3 is 1. The summed E-state index contributed by atoms with van der Waals surface area (Å²) in [6.07, 6.45) is -2.41. The predicted octanol–water partition coefficient (Wildman–Crippen LogP) is 0.374. The highest BCUT2D eigenvalue weighted by atomic mass is 16.5. The molecule has 0 rings (SSSR count). The highest BCUT2D eigenvalue weighted by Gasteiger charge is 2.27. The lowest BCUT2D eigenvalue weighted by Crippen LogP contribution is -2.51. The molecule has 2 amide bonds. The van der Waals surface area contributed by atoms with Crippen molar-refractivity contribution in [1.82, 2.24) is 10.4 Å². The van der Waals surface area contributed by atoms with Crippen molar-refractivity contribution >= 4 is 18.0 Å². The first-order valence-electron chi connectivity index (χ1n) is 5.84. The molecule has 0 saturated carbocycles. The third-order valence-corrected chi connectivity index (χ3v) is 2.19. The van der Waals surface area contributed by atoms with E-state index in [1.807, 2.05) is 0 Å². The van der Waals surface area contributed by atoms with Crippen molar-refractivity contribution in [3.05, 3.63) is 0 Å². The first-order valence-corrected chi connectivity index (χ1v) is 5.84. The van der Waals surface area contributed by atoms with E-state index in [2.05, 4.69) is 10.2 Å². The minimum atomic E-state index is -1.24. The normalized spacial score (nSPS) is 11.8. The third kappa shape index (κ3) is 6.05. The fourth-order valence-corrected chi connectivity index (χ4v) is 1.30. The van der Waals surface area contributed by atoms with E-state index in [4.69, 9.17) is 9.84 Å². The second-order valence-electron chi connectivity index (χ2n) is 3.95. The Kier molecular flexibility index (Phi) is 7.50. The van der Waals surface area contributed by atoms with Crippen LogP contribution in [0.2, 0.25) is 0 Å². The van der Waals surface area contributed by atoms with Gasteiger partial charge in [-0.3, -0.25) is 4.79 Å². The molecule has 0 aromatic rings. The molecule has 8 nitrogen and oxygen atoms in total. The van der Waals surface area contributed by atoms with Crippen LogP contribution in [0.25, 0.3) is 0 Å². The summed E-state index contributed by atoms with van der Waals surface area (Å²) in [5.41, 5.74) is 2.23. The standard InChI is InChI=1S/C11H20N2O6/c1-5-19-8(10(15)16)6-9(14)13(7(2)3)12-11(17)18-4/h7-8H,5-6H2,1-4H3,(H,12,17)(H,15,16). The number of amides is 2. The van der Waals surface area contributed by atoms with Gasteiger partial charge in [0.15, 0.2) is 6.10 Å². The first kappa shape index (κ1) is 17.2. The SMILES string of the molecule is CCOC(CC(=O)N(NC(=O)OC)C(C)C)C(=O)O. The van der Waals surface area contributed by atoms with Gasteiger partial charge in [0.25, 0.3) is 0 Å². The number of nitrogens with one attached hydrogen (secondary N) is 1. The molecule has 0 saturated heterocycles. The summed E-state index contributed by atoms with van der Waals surface area (Å²) in [4.78, 5) is 33.9. The monoisotopic (exact) mass is 276 g/mol. The van der Waals surface area contributed by atoms with Crippen LogP contribution >= 0.6 is 0 Å². The van der Waals surface area contributed by atoms with Gasteiger partial charge in [0.2, 0.25) is 5.91 Å². The van der Waals surface area contributed by atoms with Crippen LogP contribution in [0.1, 0.15) is 27.2 Å². The molecule has 0 aliphatic carbocycles. The molecule has 0 fully saturated rings. The molecule has 0 radical (unpaired) electrons. The maximum atomic E-state index is 11.9. The molecular formula is C11H20N2O6. The molecule has 0 heterocycles. The van der Waals surface area contributed by atoms with Crippen LogP contribution in [0.3, 0.4) is 0 Å². The average Bonchev–Trinajstić information content (AvgIpc) is 2.34. The molecule has 0 aromatic carbocycles. The van der Waals surface area contributed by atoms with Crippen LogP contribution in [0.15, 0.2) is 0 Å². The van der Waals surface area contributed by atoms with Gasteiger partial charge in [0.05, 0.1) is 13.5 Å². The Bertz CT molecular complexity index is 331. The molecule has 19 heavy (non-hydrogen) atoms. The van der Waals surface area contributed by atoms with Gasteiger partial charge in [-0.05, 0) is 20.8 Å². The molecule has 0 aromatic heterocycles. The zero-order chi connectivity index (χ0) is 15.0. The van der Waals surface area contributed by atoms with Gasteiger partial charge in [0, 0.05) is 12.6 Å². The van der Waals surface area contributed by atoms with Crippen LogP contribution in [0, 0.1) is 0 Å². The maximum absolute atomic E-state index is 11.9. The number of ether oxygens (including phenoxy) is 2. The lowest BCUT2D eigenvalue weighted by molar-refractivity contribution is -0.155. The van der Waals surface area contributed by atoms with Crippen molar-refractivity contribution < 1.29 is 29.0 Å². The van der Waals surface area contributed by atoms with E-state index in [0.29, 0.717) is 0 Å². The van der Waals surface area contributed by atoms with Crippen LogP contribution in [-0.4, -0.2) is 53.9 Å². The summed E-state index contributed by atoms with van der Waals surface area (Å²) in [6.45, 7) is 5.15. The quantitative estimate of drug-likeness (QED) is 0.679. The highest BCUT2D eigenvalue weighted by Crippen LogP contribution is 2.05. The molecule has 0 aliphatic heterocycles. The Hall–Kier alpha value is -1.83. The molecule has 110 valence electrons. The summed E-state index contributed by atoms with van der Waals surface area (Å²) in [7, 11) is 1.17. The van der Waals surface area contributed by atoms with E-state index in [-0.39, 0.29) is 19.1 Å². The summed E-state index contributed by atoms with van der Waals surface area (Å²) < 4.78 is 9.33. The van der Waals surface area contributed by atoms with Gasteiger partial charge in [-0.2, -0.15) is 0 Å². The second-order valence-corrected chi connectivity index (χ2v) is 3.95. The number of hydrogen-bond acceptors (Lipinski definition) is 5. The van der Waals surface area contributed by atoms with Crippen molar-refractivity contribution in [1.29, 1.82) is 0 Å². The van der Waals surface area contributed by atoms with Gasteiger partial charge in [-0.25, -0.2) is 20.0 Å². The largest absolute Gasteiger partial charge is 0.479 e. The predicted molar refractivity (Wildman–Crippen MR) is 65.2 cm³/mol. The van der Waals surface area contributed by atoms with Gasteiger partial charge >= 0.3 is 12.1 Å². The Labute approximate surface area is 111 Å². The number of hydrazine groups is 1. The molecule has 0 aliphatic rings. The van der Waals surface area contributed by atoms with Crippen molar-refractivity contribution in [2.24, 2.45) is 0 Å². The van der Waals surface area contributed by atoms with Gasteiger partial charge < -0.3 is 14.6 Å². The van der Waals surface area contributed by atoms with Gasteiger partial charge in [0.1, 0.15) is 0 Å². The third-order valence-electron chi connectivity index (χ3n) is 2.19. The molecule has 1 unspecified atom stereocenters. The topological polar surface area (TPSA) is 105 Å². The second kappa shape index (κ2) is 8.30. The minimum Gasteiger partial charge on any atom is -0.479 e. The molecule has 1 atom stereocenters. The van der Waals surface area contributed by atoms with Crippen LogP contribution < -0.4 is 5.43 Å². The van der Waals surface area contributed by atoms with E-state index in [1.165, 1.54) is 7.11 Å². The van der Waals surface area contributed by atoms with E-state index in [0.717, 1.165) is 5.01 Å². The number of rotatable bonds is 6. The van der Waals surface area contributed by atoms with Gasteiger partial charge in [-0.15, -0.1) is 0 Å². The molecule has 8 heteroatoms. The summed E-state index contributed by atoms with van der Waals surface area (Å²) >= 11 is 0. The summed E-state index contributed by atoms with van der Waals surface area (Å²) in [5.74, 6) is -1.79. The van der Waals surface area contributed by atoms with Crippen molar-refractivity contribution in [2.45, 2.75) is 39.3 Å². The van der Waals surface area contributed by atoms with Crippen molar-refractivity contribution in [2.75, 3.05) is 13.7 Å². The van der Waals surface area contributed by atoms with Crippen molar-refractivity contribution in [3.63, 3.8) is 0 Å². The number of aliphatic carboxylic acids is 1. The minimum absolute atomic E-state index is 0.177. The first-order chi connectivity index (χ1) is 8.83. The summed E-state index contributed by atoms with van der Waals surface area (Å²) in [6, 6.07) is -0.345. The lowest BCUT2D eigenvalue weighted by atomic mass is 10.2. The van der Waals surface area contributed by atoms with Crippen LogP contribution in [-0.2, 0) is 19.1 Å². The van der Waals surface area contributed by atoms with E-state index in [9.17, 15) is 14.4 Å². The molecular weight excluding hydrogens is 256 g/mol. The maximum Gasteiger partial charge on any atom is 0.425 e. The van der Waals surface area contributed by atoms with Crippen LogP contribution in [0.5, 0.6) is 0 Å². The number of carbonyl (C=O) groups excluding carboxylic acids is 2.